The van der Waals surface area contributed by atoms with E-state index < -0.39 is 12.0 Å². The van der Waals surface area contributed by atoms with Gasteiger partial charge >= 0.3 is 6.18 Å². The zero-order valence-electron chi connectivity index (χ0n) is 17.6. The van der Waals surface area contributed by atoms with Crippen LogP contribution in [0.25, 0.3) is 11.3 Å². The number of nitrogens with zero attached hydrogens (tertiary/aromatic N) is 3. The summed E-state index contributed by atoms with van der Waals surface area (Å²) in [6, 6.07) is 3.27. The standard InChI is InChI=1S/C16H14ClF3N4.C6H13N/c17-13-9-22-14(4-11(13)6-21-5-10-2-1-3-10)12-7-23-15(24-8-12)16(18,19)20;1-5-3-4-6(2)7-5/h4-5,7-9,21H,1-3,6H2;5-7H,3-4H2,1-2H3. The van der Waals surface area contributed by atoms with Crippen molar-refractivity contribution in [1.29, 1.82) is 0 Å². The van der Waals surface area contributed by atoms with Gasteiger partial charge in [-0.25, -0.2) is 9.97 Å². The zero-order valence-corrected chi connectivity index (χ0v) is 18.4. The number of hydrogen-bond donors (Lipinski definition) is 2. The fourth-order valence-electron chi connectivity index (χ4n) is 3.36. The van der Waals surface area contributed by atoms with Gasteiger partial charge < -0.3 is 10.6 Å². The van der Waals surface area contributed by atoms with Crippen LogP contribution in [0.4, 0.5) is 13.2 Å². The maximum absolute atomic E-state index is 12.5. The molecular formula is C22H27ClF3N5. The van der Waals surface area contributed by atoms with Gasteiger partial charge in [0, 0.05) is 42.8 Å². The molecule has 2 aromatic rings. The van der Waals surface area contributed by atoms with E-state index in [1.165, 1.54) is 31.0 Å². The number of nitrogens with one attached hydrogen (secondary N) is 2. The van der Waals surface area contributed by atoms with E-state index in [0.29, 0.717) is 22.8 Å². The zero-order chi connectivity index (χ0) is 22.4. The van der Waals surface area contributed by atoms with Crippen LogP contribution in [-0.2, 0) is 12.7 Å². The van der Waals surface area contributed by atoms with Gasteiger partial charge in [0.25, 0.3) is 0 Å². The van der Waals surface area contributed by atoms with Crippen molar-refractivity contribution in [1.82, 2.24) is 25.6 Å². The molecule has 2 atom stereocenters. The molecule has 1 saturated heterocycles. The van der Waals surface area contributed by atoms with Crippen LogP contribution in [0, 0.1) is 0 Å². The van der Waals surface area contributed by atoms with Gasteiger partial charge in [0.2, 0.25) is 5.82 Å². The Bertz CT molecular complexity index is 885. The number of halogens is 4. The summed E-state index contributed by atoms with van der Waals surface area (Å²) in [4.78, 5) is 10.8. The van der Waals surface area contributed by atoms with Crippen LogP contribution in [0.5, 0.6) is 0 Å². The molecule has 0 spiro atoms. The van der Waals surface area contributed by atoms with Crippen LogP contribution in [0.2, 0.25) is 5.02 Å². The summed E-state index contributed by atoms with van der Waals surface area (Å²) in [5.74, 6) is -1.17. The molecule has 3 heterocycles. The lowest BCUT2D eigenvalue weighted by Crippen LogP contribution is -2.23. The van der Waals surface area contributed by atoms with E-state index in [-0.39, 0.29) is 0 Å². The Morgan fingerprint density at radius 3 is 2.23 bits per heavy atom. The highest BCUT2D eigenvalue weighted by Crippen LogP contribution is 2.28. The quantitative estimate of drug-likeness (QED) is 0.638. The van der Waals surface area contributed by atoms with Crippen molar-refractivity contribution in [3.8, 4) is 11.3 Å². The fourth-order valence-corrected chi connectivity index (χ4v) is 3.53. The molecule has 1 saturated carbocycles. The van der Waals surface area contributed by atoms with Gasteiger partial charge in [0.05, 0.1) is 10.7 Å². The second-order valence-corrected chi connectivity index (χ2v) is 8.44. The Kier molecular flexibility index (Phi) is 7.89. The summed E-state index contributed by atoms with van der Waals surface area (Å²) in [5, 5.41) is 7.11. The van der Waals surface area contributed by atoms with Gasteiger partial charge in [0.1, 0.15) is 0 Å². The maximum atomic E-state index is 12.5. The molecule has 2 fully saturated rings. The summed E-state index contributed by atoms with van der Waals surface area (Å²) in [7, 11) is 0. The van der Waals surface area contributed by atoms with Gasteiger partial charge in [-0.15, -0.1) is 0 Å². The molecule has 0 bridgehead atoms. The first-order chi connectivity index (χ1) is 14.7. The molecule has 1 aliphatic carbocycles. The highest BCUT2D eigenvalue weighted by molar-refractivity contribution is 6.31. The van der Waals surface area contributed by atoms with Crippen molar-refractivity contribution in [2.75, 3.05) is 0 Å². The molecule has 168 valence electrons. The Hall–Kier alpha value is -2.19. The van der Waals surface area contributed by atoms with E-state index in [9.17, 15) is 13.2 Å². The van der Waals surface area contributed by atoms with E-state index >= 15 is 0 Å². The van der Waals surface area contributed by atoms with Crippen LogP contribution in [0.3, 0.4) is 0 Å². The molecule has 2 aromatic heterocycles. The number of hydrogen-bond acceptors (Lipinski definition) is 5. The third-order valence-corrected chi connectivity index (χ3v) is 5.67. The number of alkyl halides is 3. The van der Waals surface area contributed by atoms with Crippen LogP contribution < -0.4 is 10.6 Å². The van der Waals surface area contributed by atoms with Crippen molar-refractivity contribution >= 4 is 11.6 Å². The molecule has 1 aliphatic heterocycles. The smallest absolute Gasteiger partial charge is 0.387 e. The molecule has 31 heavy (non-hydrogen) atoms. The van der Waals surface area contributed by atoms with Crippen molar-refractivity contribution in [3.63, 3.8) is 0 Å². The number of allylic oxidation sites excluding steroid dienone is 1. The van der Waals surface area contributed by atoms with E-state index in [1.807, 2.05) is 6.20 Å². The van der Waals surface area contributed by atoms with Crippen molar-refractivity contribution < 1.29 is 13.2 Å². The summed E-state index contributed by atoms with van der Waals surface area (Å²) in [5.41, 5.74) is 3.05. The van der Waals surface area contributed by atoms with Crippen LogP contribution >= 0.6 is 11.6 Å². The molecule has 0 amide bonds. The number of aromatic nitrogens is 3. The fraction of sp³-hybridized carbons (Fsp3) is 0.500. The minimum absolute atomic E-state index is 0.401. The molecule has 9 heteroatoms. The Labute approximate surface area is 185 Å². The van der Waals surface area contributed by atoms with Gasteiger partial charge in [-0.3, -0.25) is 4.98 Å². The SMILES string of the molecule is CC1CCC(C)N1.FC(F)(F)c1ncc(-c2cc(CNC=C3CCC3)c(Cl)cn2)cn1. The highest BCUT2D eigenvalue weighted by Gasteiger charge is 2.34. The van der Waals surface area contributed by atoms with Gasteiger partial charge in [-0.2, -0.15) is 13.2 Å². The minimum atomic E-state index is -4.56. The maximum Gasteiger partial charge on any atom is 0.451 e. The van der Waals surface area contributed by atoms with E-state index in [1.54, 1.807) is 6.07 Å². The second-order valence-electron chi connectivity index (χ2n) is 8.04. The predicted molar refractivity (Wildman–Crippen MR) is 115 cm³/mol. The van der Waals surface area contributed by atoms with Gasteiger partial charge in [-0.1, -0.05) is 17.2 Å². The second kappa shape index (κ2) is 10.4. The van der Waals surface area contributed by atoms with E-state index in [2.05, 4.69) is 39.4 Å². The molecule has 5 nitrogen and oxygen atoms in total. The number of pyridine rings is 1. The Morgan fingerprint density at radius 1 is 1.10 bits per heavy atom. The summed E-state index contributed by atoms with van der Waals surface area (Å²) >= 11 is 6.13. The lowest BCUT2D eigenvalue weighted by molar-refractivity contribution is -0.144. The largest absolute Gasteiger partial charge is 0.451 e. The van der Waals surface area contributed by atoms with Crippen molar-refractivity contribution in [2.24, 2.45) is 0 Å². The van der Waals surface area contributed by atoms with Crippen LogP contribution in [0.15, 0.2) is 36.4 Å². The molecule has 0 radical (unpaired) electrons. The Balaban J connectivity index is 0.000000330. The summed E-state index contributed by atoms with van der Waals surface area (Å²) in [6.07, 6.45) is 7.30. The first-order valence-electron chi connectivity index (χ1n) is 10.4. The van der Waals surface area contributed by atoms with Gasteiger partial charge in [0.15, 0.2) is 0 Å². The van der Waals surface area contributed by atoms with Crippen LogP contribution in [0.1, 0.15) is 57.3 Å². The van der Waals surface area contributed by atoms with Crippen molar-refractivity contribution in [2.45, 2.75) is 70.8 Å². The molecule has 2 N–H and O–H groups in total. The predicted octanol–water partition coefficient (Wildman–Crippen LogP) is 5.52. The first kappa shape index (κ1) is 23.5. The third-order valence-electron chi connectivity index (χ3n) is 5.33. The summed E-state index contributed by atoms with van der Waals surface area (Å²) < 4.78 is 37.5. The number of rotatable bonds is 4. The molecule has 2 unspecified atom stereocenters. The van der Waals surface area contributed by atoms with E-state index in [0.717, 1.165) is 42.9 Å². The molecule has 0 aromatic carbocycles. The lowest BCUT2D eigenvalue weighted by atomic mass is 9.94. The highest BCUT2D eigenvalue weighted by atomic mass is 35.5. The average Bonchev–Trinajstić information content (AvgIpc) is 3.07. The third kappa shape index (κ3) is 6.90. The molecule has 4 rings (SSSR count). The molecular weight excluding hydrogens is 427 g/mol. The Morgan fingerprint density at radius 2 is 1.74 bits per heavy atom. The average molecular weight is 454 g/mol. The van der Waals surface area contributed by atoms with Crippen LogP contribution in [-0.4, -0.2) is 27.0 Å². The normalized spacial score (nSPS) is 20.5. The first-order valence-corrected chi connectivity index (χ1v) is 10.8. The van der Waals surface area contributed by atoms with Crippen molar-refractivity contribution in [3.05, 3.63) is 52.8 Å². The van der Waals surface area contributed by atoms with Gasteiger partial charge in [-0.05, 0) is 63.8 Å². The monoisotopic (exact) mass is 453 g/mol. The molecule has 2 aliphatic rings. The lowest BCUT2D eigenvalue weighted by Gasteiger charge is -2.16. The van der Waals surface area contributed by atoms with E-state index in [4.69, 9.17) is 11.6 Å². The minimum Gasteiger partial charge on any atom is -0.387 e. The topological polar surface area (TPSA) is 62.7 Å². The summed E-state index contributed by atoms with van der Waals surface area (Å²) in [6.45, 7) is 4.99.